The van der Waals surface area contributed by atoms with E-state index in [-0.39, 0.29) is 0 Å². The molecule has 0 unspecified atom stereocenters. The molecule has 0 fully saturated rings. The van der Waals surface area contributed by atoms with Gasteiger partial charge in [0, 0.05) is 6.20 Å². The third-order valence-electron chi connectivity index (χ3n) is 1.59. The van der Waals surface area contributed by atoms with Gasteiger partial charge in [-0.05, 0) is 11.6 Å². The SMILES string of the molecule is N#Cc1ncc(C(F)F)c(C(=O)Cl)c1F. The van der Waals surface area contributed by atoms with Crippen LogP contribution in [0.4, 0.5) is 13.2 Å². The highest BCUT2D eigenvalue weighted by Gasteiger charge is 2.24. The zero-order chi connectivity index (χ0) is 11.6. The molecule has 1 heterocycles. The van der Waals surface area contributed by atoms with Crippen LogP contribution in [-0.4, -0.2) is 10.2 Å². The minimum atomic E-state index is -3.09. The van der Waals surface area contributed by atoms with Crippen LogP contribution >= 0.6 is 11.6 Å². The van der Waals surface area contributed by atoms with Crippen LogP contribution in [-0.2, 0) is 0 Å². The fourth-order valence-electron chi connectivity index (χ4n) is 0.944. The Labute approximate surface area is 87.1 Å². The molecule has 0 saturated carbocycles. The summed E-state index contributed by atoms with van der Waals surface area (Å²) in [6.45, 7) is 0. The highest BCUT2D eigenvalue weighted by molar-refractivity contribution is 6.68. The number of aromatic nitrogens is 1. The molecule has 0 radical (unpaired) electrons. The van der Waals surface area contributed by atoms with E-state index in [0.717, 1.165) is 0 Å². The van der Waals surface area contributed by atoms with E-state index in [0.29, 0.717) is 6.20 Å². The van der Waals surface area contributed by atoms with Gasteiger partial charge in [-0.2, -0.15) is 5.26 Å². The van der Waals surface area contributed by atoms with Crippen molar-refractivity contribution in [3.8, 4) is 6.07 Å². The first kappa shape index (κ1) is 11.5. The van der Waals surface area contributed by atoms with E-state index in [2.05, 4.69) is 4.98 Å². The summed E-state index contributed by atoms with van der Waals surface area (Å²) in [5.74, 6) is -1.42. The molecule has 1 rings (SSSR count). The number of hydrogen-bond donors (Lipinski definition) is 0. The fraction of sp³-hybridized carbons (Fsp3) is 0.125. The lowest BCUT2D eigenvalue weighted by Gasteiger charge is -2.05. The van der Waals surface area contributed by atoms with Crippen LogP contribution in [0.25, 0.3) is 0 Å². The van der Waals surface area contributed by atoms with Crippen molar-refractivity contribution in [2.45, 2.75) is 6.43 Å². The Bertz CT molecular complexity index is 456. The van der Waals surface area contributed by atoms with Gasteiger partial charge in [0.25, 0.3) is 11.7 Å². The van der Waals surface area contributed by atoms with Crippen molar-refractivity contribution in [1.82, 2.24) is 4.98 Å². The molecule has 0 N–H and O–H groups in total. The summed E-state index contributed by atoms with van der Waals surface area (Å²) in [5, 5.41) is 6.97. The molecule has 7 heteroatoms. The van der Waals surface area contributed by atoms with Crippen molar-refractivity contribution in [2.75, 3.05) is 0 Å². The second-order valence-electron chi connectivity index (χ2n) is 2.44. The quantitative estimate of drug-likeness (QED) is 0.739. The van der Waals surface area contributed by atoms with Gasteiger partial charge in [0.2, 0.25) is 0 Å². The smallest absolute Gasteiger partial charge is 0.266 e. The Morgan fingerprint density at radius 3 is 2.60 bits per heavy atom. The van der Waals surface area contributed by atoms with Crippen LogP contribution < -0.4 is 0 Å². The number of nitrogens with zero attached hydrogens (tertiary/aromatic N) is 2. The van der Waals surface area contributed by atoms with Crippen LogP contribution in [0.5, 0.6) is 0 Å². The Balaban J connectivity index is 3.53. The van der Waals surface area contributed by atoms with Gasteiger partial charge < -0.3 is 0 Å². The molecule has 0 bridgehead atoms. The third-order valence-corrected chi connectivity index (χ3v) is 1.78. The predicted molar refractivity (Wildman–Crippen MR) is 44.1 cm³/mol. The van der Waals surface area contributed by atoms with E-state index >= 15 is 0 Å². The lowest BCUT2D eigenvalue weighted by Crippen LogP contribution is -2.06. The first-order valence-corrected chi connectivity index (χ1v) is 3.93. The Hall–Kier alpha value is -1.61. The second-order valence-corrected chi connectivity index (χ2v) is 2.78. The summed E-state index contributed by atoms with van der Waals surface area (Å²) in [7, 11) is 0. The standard InChI is InChI=1S/C8H2ClF3N2O/c9-7(15)5-3(8(11)12)2-14-4(1-13)6(5)10/h2,8H. The largest absolute Gasteiger partial charge is 0.275 e. The Morgan fingerprint density at radius 1 is 1.60 bits per heavy atom. The molecule has 0 aliphatic rings. The fourth-order valence-corrected chi connectivity index (χ4v) is 1.14. The van der Waals surface area contributed by atoms with Crippen LogP contribution in [0.1, 0.15) is 28.0 Å². The minimum absolute atomic E-state index is 0.557. The molecular weight excluding hydrogens is 233 g/mol. The summed E-state index contributed by atoms with van der Waals surface area (Å²) in [6.07, 6.45) is -2.53. The van der Waals surface area contributed by atoms with E-state index in [1.165, 1.54) is 6.07 Å². The maximum absolute atomic E-state index is 13.2. The summed E-state index contributed by atoms with van der Waals surface area (Å²) in [4.78, 5) is 13.8. The number of nitriles is 1. The maximum atomic E-state index is 13.2. The highest BCUT2D eigenvalue weighted by atomic mass is 35.5. The van der Waals surface area contributed by atoms with E-state index in [9.17, 15) is 18.0 Å². The van der Waals surface area contributed by atoms with Crippen LogP contribution in [0.2, 0.25) is 0 Å². The summed E-state index contributed by atoms with van der Waals surface area (Å²) in [6, 6.07) is 1.31. The zero-order valence-electron chi connectivity index (χ0n) is 6.97. The van der Waals surface area contributed by atoms with Gasteiger partial charge in [-0.15, -0.1) is 0 Å². The average Bonchev–Trinajstić information content (AvgIpc) is 2.16. The molecule has 78 valence electrons. The molecule has 0 amide bonds. The Morgan fingerprint density at radius 2 is 2.20 bits per heavy atom. The number of carbonyl (C=O) groups is 1. The van der Waals surface area contributed by atoms with Gasteiger partial charge in [-0.3, -0.25) is 4.79 Å². The zero-order valence-corrected chi connectivity index (χ0v) is 7.73. The molecule has 0 aliphatic heterocycles. The molecule has 0 atom stereocenters. The number of alkyl halides is 2. The lowest BCUT2D eigenvalue weighted by atomic mass is 10.1. The van der Waals surface area contributed by atoms with Gasteiger partial charge >= 0.3 is 0 Å². The molecule has 0 spiro atoms. The third kappa shape index (κ3) is 2.07. The molecule has 15 heavy (non-hydrogen) atoms. The number of rotatable bonds is 2. The molecule has 1 aromatic heterocycles. The number of hydrogen-bond acceptors (Lipinski definition) is 3. The minimum Gasteiger partial charge on any atom is -0.275 e. The van der Waals surface area contributed by atoms with Gasteiger partial charge in [-0.1, -0.05) is 0 Å². The van der Waals surface area contributed by atoms with Crippen molar-refractivity contribution in [3.05, 3.63) is 28.8 Å². The van der Waals surface area contributed by atoms with Gasteiger partial charge in [0.1, 0.15) is 6.07 Å². The second kappa shape index (κ2) is 4.28. The van der Waals surface area contributed by atoms with E-state index in [1.807, 2.05) is 0 Å². The summed E-state index contributed by atoms with van der Waals surface area (Å²) < 4.78 is 37.8. The molecule has 0 aromatic carbocycles. The molecule has 3 nitrogen and oxygen atoms in total. The van der Waals surface area contributed by atoms with Gasteiger partial charge in [-0.25, -0.2) is 18.2 Å². The topological polar surface area (TPSA) is 53.8 Å². The number of halogens is 4. The number of pyridine rings is 1. The predicted octanol–water partition coefficient (Wildman–Crippen LogP) is 2.41. The van der Waals surface area contributed by atoms with Gasteiger partial charge in [0.15, 0.2) is 11.5 Å². The van der Waals surface area contributed by atoms with Crippen molar-refractivity contribution in [3.63, 3.8) is 0 Å². The molecule has 1 aromatic rings. The van der Waals surface area contributed by atoms with Crippen molar-refractivity contribution >= 4 is 16.8 Å². The monoisotopic (exact) mass is 234 g/mol. The van der Waals surface area contributed by atoms with E-state index < -0.39 is 34.3 Å². The van der Waals surface area contributed by atoms with Crippen molar-refractivity contribution in [2.24, 2.45) is 0 Å². The number of carbonyl (C=O) groups excluding carboxylic acids is 1. The van der Waals surface area contributed by atoms with Gasteiger partial charge in [0.05, 0.1) is 11.1 Å². The summed E-state index contributed by atoms with van der Waals surface area (Å²) in [5.41, 5.74) is -2.67. The molecule has 0 aliphatic carbocycles. The van der Waals surface area contributed by atoms with Crippen LogP contribution in [0.3, 0.4) is 0 Å². The van der Waals surface area contributed by atoms with Crippen LogP contribution in [0, 0.1) is 17.1 Å². The first-order chi connectivity index (χ1) is 6.99. The van der Waals surface area contributed by atoms with Crippen molar-refractivity contribution in [1.29, 1.82) is 5.26 Å². The molecule has 0 saturated heterocycles. The highest BCUT2D eigenvalue weighted by Crippen LogP contribution is 2.26. The normalized spacial score (nSPS) is 10.1. The lowest BCUT2D eigenvalue weighted by molar-refractivity contribution is 0.106. The summed E-state index contributed by atoms with van der Waals surface area (Å²) >= 11 is 4.94. The maximum Gasteiger partial charge on any atom is 0.266 e. The van der Waals surface area contributed by atoms with E-state index in [1.54, 1.807) is 0 Å². The van der Waals surface area contributed by atoms with Crippen molar-refractivity contribution < 1.29 is 18.0 Å². The molecular formula is C8H2ClF3N2O. The Kier molecular flexibility index (Phi) is 3.27. The average molecular weight is 235 g/mol. The van der Waals surface area contributed by atoms with Crippen LogP contribution in [0.15, 0.2) is 6.20 Å². The first-order valence-electron chi connectivity index (χ1n) is 3.55. The van der Waals surface area contributed by atoms with E-state index in [4.69, 9.17) is 16.9 Å².